The summed E-state index contributed by atoms with van der Waals surface area (Å²) in [5.74, 6) is 0.394. The zero-order valence-electron chi connectivity index (χ0n) is 9.66. The zero-order valence-corrected chi connectivity index (χ0v) is 10.4. The Labute approximate surface area is 108 Å². The highest BCUT2D eigenvalue weighted by Crippen LogP contribution is 2.22. The molecular formula is C10H13ClF2N4O. The molecule has 0 unspecified atom stereocenters. The lowest BCUT2D eigenvalue weighted by Crippen LogP contribution is -2.57. The molecule has 2 rings (SSSR count). The highest BCUT2D eigenvalue weighted by atomic mass is 35.5. The average Bonchev–Trinajstić information content (AvgIpc) is 2.29. The first-order chi connectivity index (χ1) is 8.46. The molecule has 1 saturated heterocycles. The number of ether oxygens (including phenoxy) is 1. The second kappa shape index (κ2) is 5.29. The highest BCUT2D eigenvalue weighted by Gasteiger charge is 2.40. The number of rotatable bonds is 3. The van der Waals surface area contributed by atoms with Crippen molar-refractivity contribution in [3.8, 4) is 0 Å². The first kappa shape index (κ1) is 13.4. The maximum absolute atomic E-state index is 12.9. The minimum atomic E-state index is -3.10. The molecule has 0 aromatic carbocycles. The summed E-state index contributed by atoms with van der Waals surface area (Å²) in [6.45, 7) is 1.49. The molecule has 18 heavy (non-hydrogen) atoms. The molecule has 1 aliphatic heterocycles. The molecule has 2 N–H and O–H groups in total. The highest BCUT2D eigenvalue weighted by molar-refractivity contribution is 6.30. The van der Waals surface area contributed by atoms with Crippen LogP contribution in [0.5, 0.6) is 0 Å². The van der Waals surface area contributed by atoms with E-state index in [1.807, 2.05) is 0 Å². The molecule has 8 heteroatoms. The van der Waals surface area contributed by atoms with Gasteiger partial charge in [0.15, 0.2) is 0 Å². The summed E-state index contributed by atoms with van der Waals surface area (Å²) in [6.07, 6.45) is -0.792. The average molecular weight is 279 g/mol. The topological polar surface area (TPSA) is 59.1 Å². The zero-order chi connectivity index (χ0) is 13.2. The Morgan fingerprint density at radius 3 is 2.83 bits per heavy atom. The molecule has 1 aromatic rings. The molecular weight excluding hydrogens is 266 g/mol. The van der Waals surface area contributed by atoms with Gasteiger partial charge in [0, 0.05) is 6.54 Å². The Kier molecular flexibility index (Phi) is 3.94. The number of hydrogen-bond acceptors (Lipinski definition) is 5. The van der Waals surface area contributed by atoms with E-state index in [9.17, 15) is 8.78 Å². The molecule has 0 spiro atoms. The summed E-state index contributed by atoms with van der Waals surface area (Å²) in [5, 5.41) is 6.09. The smallest absolute Gasteiger partial charge is 0.353 e. The predicted molar refractivity (Wildman–Crippen MR) is 62.8 cm³/mol. The third-order valence-corrected chi connectivity index (χ3v) is 2.79. The van der Waals surface area contributed by atoms with Gasteiger partial charge in [-0.1, -0.05) is 11.6 Å². The molecule has 0 bridgehead atoms. The predicted octanol–water partition coefficient (Wildman–Crippen LogP) is 1.51. The molecule has 100 valence electrons. The van der Waals surface area contributed by atoms with Gasteiger partial charge < -0.3 is 15.4 Å². The summed E-state index contributed by atoms with van der Waals surface area (Å²) < 4.78 is 30.4. The molecule has 0 saturated carbocycles. The van der Waals surface area contributed by atoms with E-state index in [4.69, 9.17) is 11.6 Å². The van der Waals surface area contributed by atoms with E-state index in [1.165, 1.54) is 12.4 Å². The Morgan fingerprint density at radius 1 is 1.56 bits per heavy atom. The van der Waals surface area contributed by atoms with Crippen molar-refractivity contribution in [3.05, 3.63) is 17.4 Å². The van der Waals surface area contributed by atoms with E-state index < -0.39 is 18.8 Å². The van der Waals surface area contributed by atoms with Crippen LogP contribution >= 0.6 is 11.6 Å². The molecule has 0 amide bonds. The van der Waals surface area contributed by atoms with Crippen LogP contribution in [0.3, 0.4) is 0 Å². The number of nitrogens with zero attached hydrogens (tertiary/aromatic N) is 2. The Hall–Kier alpha value is -1.05. The van der Waals surface area contributed by atoms with Gasteiger partial charge in [-0.3, -0.25) is 0 Å². The van der Waals surface area contributed by atoms with E-state index in [0.717, 1.165) is 0 Å². The number of halogens is 3. The molecule has 0 aliphatic carbocycles. The van der Waals surface area contributed by atoms with Crippen LogP contribution in [0, 0.1) is 0 Å². The Balaban J connectivity index is 1.85. The Bertz CT molecular complexity index is 403. The van der Waals surface area contributed by atoms with Crippen LogP contribution in [0.15, 0.2) is 12.4 Å². The summed E-state index contributed by atoms with van der Waals surface area (Å²) in [4.78, 5) is 7.89. The SMILES string of the molecule is C[C@@H]1OC(F)(F)CN[C@@H]1CNc1ncc(Cl)cn1. The quantitative estimate of drug-likeness (QED) is 0.878. The van der Waals surface area contributed by atoms with Gasteiger partial charge in [-0.2, -0.15) is 8.78 Å². The van der Waals surface area contributed by atoms with Crippen LogP contribution in [0.2, 0.25) is 5.02 Å². The number of anilines is 1. The standard InChI is InChI=1S/C10H13ClF2N4O/c1-6-8(17-5-10(12,13)18-6)4-16-9-14-2-7(11)3-15-9/h2-3,6,8,17H,4-5H2,1H3,(H,14,15,16)/t6-,8+/m0/s1. The first-order valence-corrected chi connectivity index (χ1v) is 5.84. The number of morpholine rings is 1. The van der Waals surface area contributed by atoms with Gasteiger partial charge in [0.25, 0.3) is 0 Å². The van der Waals surface area contributed by atoms with E-state index in [-0.39, 0.29) is 6.04 Å². The van der Waals surface area contributed by atoms with Crippen molar-refractivity contribution < 1.29 is 13.5 Å². The van der Waals surface area contributed by atoms with Gasteiger partial charge in [0.2, 0.25) is 5.95 Å². The Morgan fingerprint density at radius 2 is 2.22 bits per heavy atom. The third kappa shape index (κ3) is 3.47. The van der Waals surface area contributed by atoms with Crippen molar-refractivity contribution in [1.82, 2.24) is 15.3 Å². The van der Waals surface area contributed by atoms with E-state index >= 15 is 0 Å². The maximum Gasteiger partial charge on any atom is 0.368 e. The summed E-state index contributed by atoms with van der Waals surface area (Å²) in [5.41, 5.74) is 0. The summed E-state index contributed by atoms with van der Waals surface area (Å²) >= 11 is 5.65. The second-order valence-corrected chi connectivity index (χ2v) is 4.49. The maximum atomic E-state index is 12.9. The minimum absolute atomic E-state index is 0.232. The van der Waals surface area contributed by atoms with Crippen molar-refractivity contribution in [1.29, 1.82) is 0 Å². The van der Waals surface area contributed by atoms with Crippen molar-refractivity contribution in [2.75, 3.05) is 18.4 Å². The lowest BCUT2D eigenvalue weighted by molar-refractivity contribution is -0.278. The fourth-order valence-electron chi connectivity index (χ4n) is 1.65. The summed E-state index contributed by atoms with van der Waals surface area (Å²) in [6, 6.07) is -0.232. The fraction of sp³-hybridized carbons (Fsp3) is 0.600. The molecule has 5 nitrogen and oxygen atoms in total. The number of alkyl halides is 2. The van der Waals surface area contributed by atoms with Crippen LogP contribution in [0.25, 0.3) is 0 Å². The van der Waals surface area contributed by atoms with Crippen LogP contribution in [-0.4, -0.2) is 41.3 Å². The van der Waals surface area contributed by atoms with E-state index in [1.54, 1.807) is 6.92 Å². The van der Waals surface area contributed by atoms with Gasteiger partial charge in [0.05, 0.1) is 36.1 Å². The molecule has 0 radical (unpaired) electrons. The number of aromatic nitrogens is 2. The molecule has 1 aromatic heterocycles. The van der Waals surface area contributed by atoms with Crippen LogP contribution in [0.1, 0.15) is 6.92 Å². The lowest BCUT2D eigenvalue weighted by Gasteiger charge is -2.35. The van der Waals surface area contributed by atoms with Gasteiger partial charge in [0.1, 0.15) is 0 Å². The lowest BCUT2D eigenvalue weighted by atomic mass is 10.1. The second-order valence-electron chi connectivity index (χ2n) is 4.05. The minimum Gasteiger partial charge on any atom is -0.353 e. The molecule has 2 atom stereocenters. The molecule has 1 fully saturated rings. The van der Waals surface area contributed by atoms with Crippen molar-refractivity contribution in [2.45, 2.75) is 25.2 Å². The third-order valence-electron chi connectivity index (χ3n) is 2.60. The molecule has 2 heterocycles. The fourth-order valence-corrected chi connectivity index (χ4v) is 1.75. The van der Waals surface area contributed by atoms with Crippen molar-refractivity contribution in [2.24, 2.45) is 0 Å². The molecule has 1 aliphatic rings. The van der Waals surface area contributed by atoms with Crippen molar-refractivity contribution in [3.63, 3.8) is 0 Å². The van der Waals surface area contributed by atoms with Crippen LogP contribution < -0.4 is 10.6 Å². The van der Waals surface area contributed by atoms with Gasteiger partial charge in [-0.05, 0) is 6.92 Å². The van der Waals surface area contributed by atoms with Crippen molar-refractivity contribution >= 4 is 17.5 Å². The number of nitrogens with one attached hydrogen (secondary N) is 2. The van der Waals surface area contributed by atoms with E-state index in [0.29, 0.717) is 17.5 Å². The first-order valence-electron chi connectivity index (χ1n) is 5.47. The van der Waals surface area contributed by atoms with E-state index in [2.05, 4.69) is 25.3 Å². The van der Waals surface area contributed by atoms with Gasteiger partial charge in [-0.15, -0.1) is 0 Å². The van der Waals surface area contributed by atoms with Gasteiger partial charge >= 0.3 is 6.11 Å². The monoisotopic (exact) mass is 278 g/mol. The van der Waals surface area contributed by atoms with Crippen LogP contribution in [0.4, 0.5) is 14.7 Å². The van der Waals surface area contributed by atoms with Crippen LogP contribution in [-0.2, 0) is 4.74 Å². The largest absolute Gasteiger partial charge is 0.368 e. The number of hydrogen-bond donors (Lipinski definition) is 2. The van der Waals surface area contributed by atoms with Gasteiger partial charge in [-0.25, -0.2) is 9.97 Å². The summed E-state index contributed by atoms with van der Waals surface area (Å²) in [7, 11) is 0. The normalized spacial score (nSPS) is 26.9.